The number of carbonyl (C=O) groups excluding carboxylic acids is 1. The lowest BCUT2D eigenvalue weighted by atomic mass is 10.3. The molecule has 0 fully saturated rings. The molecule has 0 saturated carbocycles. The van der Waals surface area contributed by atoms with Crippen LogP contribution in [0, 0.1) is 0 Å². The molecule has 0 unspecified atom stereocenters. The van der Waals surface area contributed by atoms with Crippen LogP contribution in [0.5, 0.6) is 0 Å². The Kier molecular flexibility index (Phi) is 2.62. The summed E-state index contributed by atoms with van der Waals surface area (Å²) in [6.45, 7) is 2.12. The van der Waals surface area contributed by atoms with Gasteiger partial charge in [0.05, 0.1) is 24.9 Å². The number of nitrogens with zero attached hydrogens (tertiary/aromatic N) is 3. The molecule has 0 saturated heterocycles. The van der Waals surface area contributed by atoms with Gasteiger partial charge < -0.3 is 10.6 Å². The minimum atomic E-state index is -0.321. The highest BCUT2D eigenvalue weighted by Gasteiger charge is 2.06. The van der Waals surface area contributed by atoms with Crippen molar-refractivity contribution in [2.24, 2.45) is 0 Å². The summed E-state index contributed by atoms with van der Waals surface area (Å²) < 4.78 is 4.70. The van der Waals surface area contributed by atoms with Crippen LogP contribution < -0.4 is 5.84 Å². The van der Waals surface area contributed by atoms with E-state index in [4.69, 9.17) is 10.6 Å². The number of ether oxygens (including phenoxy) is 1. The van der Waals surface area contributed by atoms with Crippen LogP contribution in [-0.4, -0.2) is 27.7 Å². The van der Waals surface area contributed by atoms with E-state index < -0.39 is 0 Å². The number of esters is 1. The molecule has 6 nitrogen and oxygen atoms in total. The summed E-state index contributed by atoms with van der Waals surface area (Å²) in [6.07, 6.45) is 1.54. The van der Waals surface area contributed by atoms with E-state index in [-0.39, 0.29) is 12.4 Å². The summed E-state index contributed by atoms with van der Waals surface area (Å²) in [5.74, 6) is 4.85. The van der Waals surface area contributed by atoms with Gasteiger partial charge in [-0.3, -0.25) is 4.79 Å². The van der Waals surface area contributed by atoms with Gasteiger partial charge in [0.1, 0.15) is 0 Å². The molecule has 1 rings (SSSR count). The SMILES string of the molecule is CCOC(=O)Cc1cnn(N)n1. The number of carbonyl (C=O) groups is 1. The largest absolute Gasteiger partial charge is 0.466 e. The molecule has 0 bridgehead atoms. The van der Waals surface area contributed by atoms with Gasteiger partial charge >= 0.3 is 5.97 Å². The second-order valence-corrected chi connectivity index (χ2v) is 2.14. The fourth-order valence-corrected chi connectivity index (χ4v) is 0.750. The maximum atomic E-state index is 10.9. The summed E-state index contributed by atoms with van der Waals surface area (Å²) in [5, 5.41) is 7.32. The van der Waals surface area contributed by atoms with Crippen molar-refractivity contribution in [2.75, 3.05) is 12.4 Å². The van der Waals surface area contributed by atoms with Gasteiger partial charge in [0.15, 0.2) is 0 Å². The smallest absolute Gasteiger partial charge is 0.311 e. The van der Waals surface area contributed by atoms with Gasteiger partial charge in [-0.1, -0.05) is 4.91 Å². The Balaban J connectivity index is 2.46. The molecule has 6 heteroatoms. The van der Waals surface area contributed by atoms with Crippen LogP contribution in [0.15, 0.2) is 6.20 Å². The van der Waals surface area contributed by atoms with Crippen LogP contribution in [0.1, 0.15) is 12.6 Å². The molecule has 66 valence electrons. The zero-order valence-corrected chi connectivity index (χ0v) is 6.73. The molecule has 0 aliphatic heterocycles. The molecule has 0 atom stereocenters. The van der Waals surface area contributed by atoms with Crippen molar-refractivity contribution in [3.8, 4) is 0 Å². The van der Waals surface area contributed by atoms with Crippen LogP contribution in [0.4, 0.5) is 0 Å². The fraction of sp³-hybridized carbons (Fsp3) is 0.500. The van der Waals surface area contributed by atoms with E-state index in [1.54, 1.807) is 6.92 Å². The first-order valence-electron chi connectivity index (χ1n) is 3.54. The topological polar surface area (TPSA) is 83.0 Å². The Morgan fingerprint density at radius 2 is 2.58 bits per heavy atom. The van der Waals surface area contributed by atoms with E-state index in [1.165, 1.54) is 6.20 Å². The average Bonchev–Trinajstić information content (AvgIpc) is 2.36. The third-order valence-corrected chi connectivity index (χ3v) is 1.19. The number of nitrogen functional groups attached to an aromatic ring is 1. The molecule has 2 N–H and O–H groups in total. The zero-order chi connectivity index (χ0) is 8.97. The van der Waals surface area contributed by atoms with Gasteiger partial charge in [0.25, 0.3) is 0 Å². The predicted molar refractivity (Wildman–Crippen MR) is 40.5 cm³/mol. The minimum absolute atomic E-state index is 0.116. The fourth-order valence-electron chi connectivity index (χ4n) is 0.750. The molecule has 0 aliphatic carbocycles. The van der Waals surface area contributed by atoms with Crippen LogP contribution >= 0.6 is 0 Å². The lowest BCUT2D eigenvalue weighted by molar-refractivity contribution is -0.142. The molecule has 1 aromatic rings. The zero-order valence-electron chi connectivity index (χ0n) is 6.73. The molecule has 1 heterocycles. The van der Waals surface area contributed by atoms with Crippen molar-refractivity contribution in [3.63, 3.8) is 0 Å². The Bertz CT molecular complexity index is 270. The van der Waals surface area contributed by atoms with Crippen molar-refractivity contribution >= 4 is 5.97 Å². The van der Waals surface area contributed by atoms with Gasteiger partial charge in [-0.2, -0.15) is 0 Å². The molecule has 0 aromatic carbocycles. The molecule has 1 aromatic heterocycles. The number of aromatic nitrogens is 3. The first-order valence-corrected chi connectivity index (χ1v) is 3.54. The lowest BCUT2D eigenvalue weighted by Gasteiger charge is -1.96. The normalized spacial score (nSPS) is 9.75. The Morgan fingerprint density at radius 3 is 3.08 bits per heavy atom. The van der Waals surface area contributed by atoms with Crippen molar-refractivity contribution in [2.45, 2.75) is 13.3 Å². The van der Waals surface area contributed by atoms with Crippen LogP contribution in [0.25, 0.3) is 0 Å². The summed E-state index contributed by atoms with van der Waals surface area (Å²) >= 11 is 0. The lowest BCUT2D eigenvalue weighted by Crippen LogP contribution is -2.13. The second kappa shape index (κ2) is 3.70. The van der Waals surface area contributed by atoms with Crippen LogP contribution in [-0.2, 0) is 16.0 Å². The van der Waals surface area contributed by atoms with E-state index in [0.717, 1.165) is 4.91 Å². The van der Waals surface area contributed by atoms with E-state index in [0.29, 0.717) is 12.3 Å². The number of nitrogens with two attached hydrogens (primary N) is 1. The van der Waals surface area contributed by atoms with E-state index in [1.807, 2.05) is 0 Å². The van der Waals surface area contributed by atoms with Crippen molar-refractivity contribution in [1.82, 2.24) is 15.1 Å². The summed E-state index contributed by atoms with van der Waals surface area (Å²) in [5.41, 5.74) is 0.510. The number of hydrogen-bond donors (Lipinski definition) is 1. The molecular weight excluding hydrogens is 160 g/mol. The highest BCUT2D eigenvalue weighted by atomic mass is 16.5. The van der Waals surface area contributed by atoms with E-state index in [9.17, 15) is 4.79 Å². The van der Waals surface area contributed by atoms with E-state index in [2.05, 4.69) is 10.2 Å². The van der Waals surface area contributed by atoms with Gasteiger partial charge in [-0.25, -0.2) is 0 Å². The molecule has 0 radical (unpaired) electrons. The number of rotatable bonds is 3. The van der Waals surface area contributed by atoms with Crippen molar-refractivity contribution in [1.29, 1.82) is 0 Å². The third kappa shape index (κ3) is 2.22. The molecule has 0 spiro atoms. The van der Waals surface area contributed by atoms with Gasteiger partial charge in [-0.05, 0) is 6.92 Å². The molecule has 0 amide bonds. The quantitative estimate of drug-likeness (QED) is 0.469. The Morgan fingerprint density at radius 1 is 1.83 bits per heavy atom. The Hall–Kier alpha value is -1.59. The molecule has 0 aliphatic rings. The maximum absolute atomic E-state index is 10.9. The van der Waals surface area contributed by atoms with Crippen molar-refractivity contribution in [3.05, 3.63) is 11.9 Å². The summed E-state index contributed by atoms with van der Waals surface area (Å²) in [7, 11) is 0. The second-order valence-electron chi connectivity index (χ2n) is 2.14. The van der Waals surface area contributed by atoms with Crippen LogP contribution in [0.2, 0.25) is 0 Å². The first-order chi connectivity index (χ1) is 5.72. The first kappa shape index (κ1) is 8.51. The average molecular weight is 170 g/mol. The maximum Gasteiger partial charge on any atom is 0.311 e. The van der Waals surface area contributed by atoms with Crippen molar-refractivity contribution < 1.29 is 9.53 Å². The van der Waals surface area contributed by atoms with Gasteiger partial charge in [0, 0.05) is 0 Å². The predicted octanol–water partition coefficient (Wildman–Crippen LogP) is -0.902. The monoisotopic (exact) mass is 170 g/mol. The third-order valence-electron chi connectivity index (χ3n) is 1.19. The van der Waals surface area contributed by atoms with Gasteiger partial charge in [-0.15, -0.1) is 10.2 Å². The highest BCUT2D eigenvalue weighted by molar-refractivity contribution is 5.71. The number of hydrogen-bond acceptors (Lipinski definition) is 5. The minimum Gasteiger partial charge on any atom is -0.466 e. The standard InChI is InChI=1S/C6H10N4O2/c1-2-12-6(11)3-5-4-8-10(7)9-5/h4H,2-3,7H2,1H3. The molecular formula is C6H10N4O2. The molecule has 12 heavy (non-hydrogen) atoms. The highest BCUT2D eigenvalue weighted by Crippen LogP contribution is 1.93. The van der Waals surface area contributed by atoms with E-state index >= 15 is 0 Å². The summed E-state index contributed by atoms with van der Waals surface area (Å²) in [4.78, 5) is 11.8. The van der Waals surface area contributed by atoms with Crippen LogP contribution in [0.3, 0.4) is 0 Å². The van der Waals surface area contributed by atoms with Gasteiger partial charge in [0.2, 0.25) is 0 Å². The Labute approximate surface area is 69.3 Å². The summed E-state index contributed by atoms with van der Waals surface area (Å²) in [6, 6.07) is 0.